The molecule has 25 heavy (non-hydrogen) atoms. The molecule has 2 amide bonds. The second-order valence-electron chi connectivity index (χ2n) is 5.81. The fraction of sp³-hybridized carbons (Fsp3) is 0.353. The molecule has 0 saturated carbocycles. The Morgan fingerprint density at radius 2 is 1.92 bits per heavy atom. The molecule has 0 atom stereocenters. The van der Waals surface area contributed by atoms with Crippen molar-refractivity contribution in [2.24, 2.45) is 0 Å². The maximum Gasteiger partial charge on any atom is 0.272 e. The SMILES string of the molecule is CC(=O)N1CCN(c2ccc(C(=O)NCc3cccnc3)nn2)CC1. The van der Waals surface area contributed by atoms with Crippen molar-refractivity contribution in [2.75, 3.05) is 31.1 Å². The second kappa shape index (κ2) is 7.69. The molecule has 0 radical (unpaired) electrons. The Kier molecular flexibility index (Phi) is 5.17. The van der Waals surface area contributed by atoms with E-state index < -0.39 is 0 Å². The zero-order valence-electron chi connectivity index (χ0n) is 14.1. The quantitative estimate of drug-likeness (QED) is 0.870. The van der Waals surface area contributed by atoms with Crippen molar-refractivity contribution in [2.45, 2.75) is 13.5 Å². The van der Waals surface area contributed by atoms with Gasteiger partial charge in [-0.1, -0.05) is 6.07 Å². The van der Waals surface area contributed by atoms with Gasteiger partial charge in [-0.15, -0.1) is 10.2 Å². The summed E-state index contributed by atoms with van der Waals surface area (Å²) in [6, 6.07) is 7.17. The molecule has 8 nitrogen and oxygen atoms in total. The standard InChI is InChI=1S/C17H20N6O2/c1-13(24)22-7-9-23(10-8-22)16-5-4-15(20-21-16)17(25)19-12-14-3-2-6-18-11-14/h2-6,11H,7-10,12H2,1H3,(H,19,25). The summed E-state index contributed by atoms with van der Waals surface area (Å²) in [5, 5.41) is 11.0. The summed E-state index contributed by atoms with van der Waals surface area (Å²) in [4.78, 5) is 31.4. The monoisotopic (exact) mass is 340 g/mol. The third-order valence-corrected chi connectivity index (χ3v) is 4.11. The van der Waals surface area contributed by atoms with E-state index in [0.717, 1.165) is 5.56 Å². The number of rotatable bonds is 4. The summed E-state index contributed by atoms with van der Waals surface area (Å²) in [6.45, 7) is 4.73. The van der Waals surface area contributed by atoms with Gasteiger partial charge in [-0.25, -0.2) is 0 Å². The van der Waals surface area contributed by atoms with Crippen LogP contribution >= 0.6 is 0 Å². The highest BCUT2D eigenvalue weighted by molar-refractivity contribution is 5.92. The van der Waals surface area contributed by atoms with E-state index >= 15 is 0 Å². The predicted octanol–water partition coefficient (Wildman–Crippen LogP) is 0.470. The molecular weight excluding hydrogens is 320 g/mol. The zero-order valence-corrected chi connectivity index (χ0v) is 14.1. The van der Waals surface area contributed by atoms with Crippen LogP contribution in [0, 0.1) is 0 Å². The van der Waals surface area contributed by atoms with Crippen LogP contribution in [-0.4, -0.2) is 58.1 Å². The van der Waals surface area contributed by atoms with Crippen LogP contribution in [-0.2, 0) is 11.3 Å². The average Bonchev–Trinajstić information content (AvgIpc) is 2.67. The lowest BCUT2D eigenvalue weighted by atomic mass is 10.2. The molecule has 0 bridgehead atoms. The first-order valence-electron chi connectivity index (χ1n) is 8.15. The van der Waals surface area contributed by atoms with Gasteiger partial charge in [-0.2, -0.15) is 0 Å². The predicted molar refractivity (Wildman–Crippen MR) is 91.9 cm³/mol. The molecule has 130 valence electrons. The third-order valence-electron chi connectivity index (χ3n) is 4.11. The van der Waals surface area contributed by atoms with Gasteiger partial charge < -0.3 is 15.1 Å². The van der Waals surface area contributed by atoms with Crippen LogP contribution in [0.5, 0.6) is 0 Å². The fourth-order valence-electron chi connectivity index (χ4n) is 2.64. The smallest absolute Gasteiger partial charge is 0.272 e. The largest absolute Gasteiger partial charge is 0.352 e. The van der Waals surface area contributed by atoms with E-state index in [1.165, 1.54) is 0 Å². The molecule has 0 aliphatic carbocycles. The van der Waals surface area contributed by atoms with Gasteiger partial charge in [0.05, 0.1) is 0 Å². The molecule has 1 N–H and O–H groups in total. The first-order valence-corrected chi connectivity index (χ1v) is 8.15. The van der Waals surface area contributed by atoms with Crippen molar-refractivity contribution in [3.8, 4) is 0 Å². The molecule has 1 fully saturated rings. The zero-order chi connectivity index (χ0) is 17.6. The molecule has 0 spiro atoms. The minimum atomic E-state index is -0.274. The summed E-state index contributed by atoms with van der Waals surface area (Å²) >= 11 is 0. The van der Waals surface area contributed by atoms with E-state index in [1.807, 2.05) is 17.0 Å². The molecule has 1 aliphatic heterocycles. The van der Waals surface area contributed by atoms with Gasteiger partial charge in [0.15, 0.2) is 11.5 Å². The number of aromatic nitrogens is 3. The van der Waals surface area contributed by atoms with Crippen molar-refractivity contribution in [3.63, 3.8) is 0 Å². The highest BCUT2D eigenvalue weighted by Gasteiger charge is 2.20. The maximum absolute atomic E-state index is 12.1. The van der Waals surface area contributed by atoms with Crippen LogP contribution in [0.2, 0.25) is 0 Å². The minimum absolute atomic E-state index is 0.0892. The molecule has 3 rings (SSSR count). The number of piperazine rings is 1. The molecule has 0 unspecified atom stereocenters. The highest BCUT2D eigenvalue weighted by Crippen LogP contribution is 2.13. The number of anilines is 1. The number of hydrogen-bond donors (Lipinski definition) is 1. The second-order valence-corrected chi connectivity index (χ2v) is 5.81. The first kappa shape index (κ1) is 16.8. The fourth-order valence-corrected chi connectivity index (χ4v) is 2.64. The Morgan fingerprint density at radius 3 is 2.52 bits per heavy atom. The summed E-state index contributed by atoms with van der Waals surface area (Å²) in [7, 11) is 0. The normalized spacial score (nSPS) is 14.3. The van der Waals surface area contributed by atoms with E-state index in [4.69, 9.17) is 0 Å². The van der Waals surface area contributed by atoms with Crippen molar-refractivity contribution >= 4 is 17.6 Å². The average molecular weight is 340 g/mol. The number of amides is 2. The Balaban J connectivity index is 1.55. The summed E-state index contributed by atoms with van der Waals surface area (Å²) in [5.41, 5.74) is 1.19. The van der Waals surface area contributed by atoms with E-state index in [2.05, 4.69) is 25.4 Å². The van der Waals surface area contributed by atoms with Gasteiger partial charge >= 0.3 is 0 Å². The van der Waals surface area contributed by atoms with Crippen LogP contribution in [0.1, 0.15) is 23.0 Å². The van der Waals surface area contributed by atoms with Crippen molar-refractivity contribution in [1.29, 1.82) is 0 Å². The van der Waals surface area contributed by atoms with Crippen LogP contribution in [0.25, 0.3) is 0 Å². The van der Waals surface area contributed by atoms with Crippen molar-refractivity contribution in [1.82, 2.24) is 25.4 Å². The summed E-state index contributed by atoms with van der Waals surface area (Å²) in [6.07, 6.45) is 3.39. The third kappa shape index (κ3) is 4.28. The van der Waals surface area contributed by atoms with Crippen LogP contribution < -0.4 is 10.2 Å². The number of hydrogen-bond acceptors (Lipinski definition) is 6. The van der Waals surface area contributed by atoms with E-state index in [9.17, 15) is 9.59 Å². The lowest BCUT2D eigenvalue weighted by Crippen LogP contribution is -2.48. The van der Waals surface area contributed by atoms with Gasteiger partial charge in [0, 0.05) is 52.0 Å². The Morgan fingerprint density at radius 1 is 1.12 bits per heavy atom. The maximum atomic E-state index is 12.1. The van der Waals surface area contributed by atoms with Crippen LogP contribution in [0.15, 0.2) is 36.7 Å². The Hall–Kier alpha value is -3.03. The molecule has 2 aromatic rings. The topological polar surface area (TPSA) is 91.3 Å². The lowest BCUT2D eigenvalue weighted by molar-refractivity contribution is -0.129. The molecule has 3 heterocycles. The Labute approximate surface area is 145 Å². The summed E-state index contributed by atoms with van der Waals surface area (Å²) < 4.78 is 0. The molecule has 1 saturated heterocycles. The van der Waals surface area contributed by atoms with Crippen LogP contribution in [0.3, 0.4) is 0 Å². The van der Waals surface area contributed by atoms with Crippen molar-refractivity contribution < 1.29 is 9.59 Å². The van der Waals surface area contributed by atoms with Crippen LogP contribution in [0.4, 0.5) is 5.82 Å². The molecule has 8 heteroatoms. The number of carbonyl (C=O) groups excluding carboxylic acids is 2. The van der Waals surface area contributed by atoms with E-state index in [0.29, 0.717) is 38.5 Å². The summed E-state index contributed by atoms with van der Waals surface area (Å²) in [5.74, 6) is 0.530. The Bertz CT molecular complexity index is 727. The molecule has 2 aromatic heterocycles. The van der Waals surface area contributed by atoms with Gasteiger partial charge in [0.1, 0.15) is 0 Å². The molecule has 1 aliphatic rings. The molecular formula is C17H20N6O2. The van der Waals surface area contributed by atoms with Gasteiger partial charge in [0.25, 0.3) is 5.91 Å². The number of nitrogens with one attached hydrogen (secondary N) is 1. The number of nitrogens with zero attached hydrogens (tertiary/aromatic N) is 5. The van der Waals surface area contributed by atoms with Gasteiger partial charge in [-0.3, -0.25) is 14.6 Å². The minimum Gasteiger partial charge on any atom is -0.352 e. The number of carbonyl (C=O) groups is 2. The van der Waals surface area contributed by atoms with Gasteiger partial charge in [-0.05, 0) is 23.8 Å². The van der Waals surface area contributed by atoms with Gasteiger partial charge in [0.2, 0.25) is 5.91 Å². The number of pyridine rings is 1. The van der Waals surface area contributed by atoms with E-state index in [1.54, 1.807) is 31.5 Å². The molecule has 0 aromatic carbocycles. The van der Waals surface area contributed by atoms with E-state index in [-0.39, 0.29) is 17.5 Å². The highest BCUT2D eigenvalue weighted by atomic mass is 16.2. The first-order chi connectivity index (χ1) is 12.1. The van der Waals surface area contributed by atoms with Crippen molar-refractivity contribution in [3.05, 3.63) is 47.9 Å². The lowest BCUT2D eigenvalue weighted by Gasteiger charge is -2.34.